The van der Waals surface area contributed by atoms with Gasteiger partial charge in [0.25, 0.3) is 0 Å². The Hall–Kier alpha value is -0.830. The Bertz CT molecular complexity index is 216. The lowest BCUT2D eigenvalue weighted by molar-refractivity contribution is -0.121. The minimum atomic E-state index is 0.167. The molecule has 86 valence electrons. The number of rotatable bonds is 4. The van der Waals surface area contributed by atoms with Crippen LogP contribution in [-0.4, -0.2) is 36.5 Å². The molecule has 1 aliphatic rings. The molecule has 0 aliphatic carbocycles. The van der Waals surface area contributed by atoms with Crippen molar-refractivity contribution in [1.29, 1.82) is 0 Å². The molecule has 15 heavy (non-hydrogen) atoms. The second kappa shape index (κ2) is 6.62. The maximum atomic E-state index is 11.3. The highest BCUT2D eigenvalue weighted by Crippen LogP contribution is 2.10. The standard InChI is InChI=1S/C12H22N2O/c1-3-8-14-9-6-5-7-11(10-14)13-12(15)4-2/h3,11H,1,4-10H2,2H3,(H,13,15). The molecule has 0 aromatic carbocycles. The highest BCUT2D eigenvalue weighted by Gasteiger charge is 2.18. The second-order valence-corrected chi connectivity index (χ2v) is 4.16. The van der Waals surface area contributed by atoms with Gasteiger partial charge in [0.1, 0.15) is 0 Å². The Labute approximate surface area is 92.5 Å². The van der Waals surface area contributed by atoms with Gasteiger partial charge in [-0.1, -0.05) is 19.4 Å². The zero-order valence-electron chi connectivity index (χ0n) is 9.67. The molecule has 1 heterocycles. The summed E-state index contributed by atoms with van der Waals surface area (Å²) in [4.78, 5) is 13.7. The first kappa shape index (κ1) is 12.2. The van der Waals surface area contributed by atoms with E-state index in [0.717, 1.165) is 26.1 Å². The van der Waals surface area contributed by atoms with Crippen LogP contribution in [0.5, 0.6) is 0 Å². The Kier molecular flexibility index (Phi) is 5.40. The van der Waals surface area contributed by atoms with E-state index in [1.165, 1.54) is 12.8 Å². The van der Waals surface area contributed by atoms with Crippen molar-refractivity contribution in [2.75, 3.05) is 19.6 Å². The molecule has 1 N–H and O–H groups in total. The average Bonchev–Trinajstić information content (AvgIpc) is 2.44. The Morgan fingerprint density at radius 1 is 1.60 bits per heavy atom. The molecule has 1 saturated heterocycles. The fourth-order valence-electron chi connectivity index (χ4n) is 2.02. The minimum absolute atomic E-state index is 0.167. The van der Waals surface area contributed by atoms with Crippen molar-refractivity contribution < 1.29 is 4.79 Å². The van der Waals surface area contributed by atoms with Gasteiger partial charge in [-0.2, -0.15) is 0 Å². The Morgan fingerprint density at radius 2 is 2.40 bits per heavy atom. The molecule has 0 aromatic rings. The number of amides is 1. The van der Waals surface area contributed by atoms with E-state index in [2.05, 4.69) is 16.8 Å². The Balaban J connectivity index is 2.41. The third kappa shape index (κ3) is 4.47. The van der Waals surface area contributed by atoms with E-state index in [1.54, 1.807) is 0 Å². The van der Waals surface area contributed by atoms with E-state index < -0.39 is 0 Å². The largest absolute Gasteiger partial charge is 0.352 e. The zero-order valence-corrected chi connectivity index (χ0v) is 9.67. The van der Waals surface area contributed by atoms with Crippen LogP contribution in [0.25, 0.3) is 0 Å². The monoisotopic (exact) mass is 210 g/mol. The van der Waals surface area contributed by atoms with E-state index in [9.17, 15) is 4.79 Å². The molecule has 0 spiro atoms. The van der Waals surface area contributed by atoms with Crippen molar-refractivity contribution in [2.24, 2.45) is 0 Å². The van der Waals surface area contributed by atoms with Gasteiger partial charge < -0.3 is 5.32 Å². The third-order valence-electron chi connectivity index (χ3n) is 2.83. The van der Waals surface area contributed by atoms with Crippen LogP contribution in [0.1, 0.15) is 32.6 Å². The van der Waals surface area contributed by atoms with Gasteiger partial charge in [-0.05, 0) is 19.4 Å². The van der Waals surface area contributed by atoms with Gasteiger partial charge in [-0.25, -0.2) is 0 Å². The molecular formula is C12H22N2O. The molecule has 0 aromatic heterocycles. The van der Waals surface area contributed by atoms with Crippen molar-refractivity contribution in [3.63, 3.8) is 0 Å². The summed E-state index contributed by atoms with van der Waals surface area (Å²) >= 11 is 0. The van der Waals surface area contributed by atoms with E-state index in [-0.39, 0.29) is 5.91 Å². The summed E-state index contributed by atoms with van der Waals surface area (Å²) < 4.78 is 0. The Morgan fingerprint density at radius 3 is 3.07 bits per heavy atom. The van der Waals surface area contributed by atoms with Gasteiger partial charge in [0.2, 0.25) is 5.91 Å². The molecule has 3 heteroatoms. The molecule has 1 unspecified atom stereocenters. The molecule has 1 amide bonds. The molecule has 0 saturated carbocycles. The van der Waals surface area contributed by atoms with Gasteiger partial charge in [0.05, 0.1) is 0 Å². The van der Waals surface area contributed by atoms with Gasteiger partial charge in [-0.3, -0.25) is 9.69 Å². The lowest BCUT2D eigenvalue weighted by atomic mass is 10.1. The van der Waals surface area contributed by atoms with Crippen molar-refractivity contribution in [2.45, 2.75) is 38.6 Å². The van der Waals surface area contributed by atoms with Crippen LogP contribution in [0.2, 0.25) is 0 Å². The first-order chi connectivity index (χ1) is 7.26. The number of carbonyl (C=O) groups is 1. The quantitative estimate of drug-likeness (QED) is 0.714. The normalized spacial score (nSPS) is 23.1. The van der Waals surface area contributed by atoms with Gasteiger partial charge >= 0.3 is 0 Å². The van der Waals surface area contributed by atoms with Crippen molar-refractivity contribution in [1.82, 2.24) is 10.2 Å². The van der Waals surface area contributed by atoms with Gasteiger partial charge in [0.15, 0.2) is 0 Å². The zero-order chi connectivity index (χ0) is 11.1. The van der Waals surface area contributed by atoms with Crippen molar-refractivity contribution in [3.05, 3.63) is 12.7 Å². The molecule has 1 atom stereocenters. The highest BCUT2D eigenvalue weighted by atomic mass is 16.1. The summed E-state index contributed by atoms with van der Waals surface area (Å²) in [6.07, 6.45) is 6.07. The first-order valence-corrected chi connectivity index (χ1v) is 5.89. The van der Waals surface area contributed by atoms with Gasteiger partial charge in [0, 0.05) is 25.6 Å². The number of nitrogens with one attached hydrogen (secondary N) is 1. The summed E-state index contributed by atoms with van der Waals surface area (Å²) in [7, 11) is 0. The summed E-state index contributed by atoms with van der Waals surface area (Å²) in [6.45, 7) is 8.68. The average molecular weight is 210 g/mol. The number of likely N-dealkylation sites (tertiary alicyclic amines) is 1. The minimum Gasteiger partial charge on any atom is -0.352 e. The van der Waals surface area contributed by atoms with Crippen molar-refractivity contribution in [3.8, 4) is 0 Å². The van der Waals surface area contributed by atoms with Crippen molar-refractivity contribution >= 4 is 5.91 Å². The summed E-state index contributed by atoms with van der Waals surface area (Å²) in [5.74, 6) is 0.167. The van der Waals surface area contributed by atoms with E-state index in [1.807, 2.05) is 13.0 Å². The summed E-state index contributed by atoms with van der Waals surface area (Å²) in [5.41, 5.74) is 0. The number of hydrogen-bond donors (Lipinski definition) is 1. The molecular weight excluding hydrogens is 188 g/mol. The van der Waals surface area contributed by atoms with Crippen LogP contribution in [0, 0.1) is 0 Å². The number of hydrogen-bond acceptors (Lipinski definition) is 2. The fraction of sp³-hybridized carbons (Fsp3) is 0.750. The highest BCUT2D eigenvalue weighted by molar-refractivity contribution is 5.75. The molecule has 1 fully saturated rings. The van der Waals surface area contributed by atoms with Crippen LogP contribution in [0.3, 0.4) is 0 Å². The maximum Gasteiger partial charge on any atom is 0.219 e. The maximum absolute atomic E-state index is 11.3. The van der Waals surface area contributed by atoms with Crippen LogP contribution >= 0.6 is 0 Å². The number of nitrogens with zero attached hydrogens (tertiary/aromatic N) is 1. The first-order valence-electron chi connectivity index (χ1n) is 5.89. The van der Waals surface area contributed by atoms with Crippen LogP contribution in [0.15, 0.2) is 12.7 Å². The molecule has 1 rings (SSSR count). The second-order valence-electron chi connectivity index (χ2n) is 4.16. The predicted molar refractivity (Wildman–Crippen MR) is 62.7 cm³/mol. The SMILES string of the molecule is C=CCN1CCCCC(NC(=O)CC)C1. The molecule has 0 radical (unpaired) electrons. The van der Waals surface area contributed by atoms with Gasteiger partial charge in [-0.15, -0.1) is 6.58 Å². The van der Waals surface area contributed by atoms with E-state index in [4.69, 9.17) is 0 Å². The molecule has 3 nitrogen and oxygen atoms in total. The molecule has 0 bridgehead atoms. The molecule has 1 aliphatic heterocycles. The van der Waals surface area contributed by atoms with Crippen LogP contribution in [-0.2, 0) is 4.79 Å². The third-order valence-corrected chi connectivity index (χ3v) is 2.83. The van der Waals surface area contributed by atoms with E-state index >= 15 is 0 Å². The number of carbonyl (C=O) groups excluding carboxylic acids is 1. The van der Waals surface area contributed by atoms with E-state index in [0.29, 0.717) is 12.5 Å². The smallest absolute Gasteiger partial charge is 0.219 e. The predicted octanol–water partition coefficient (Wildman–Crippen LogP) is 1.55. The lowest BCUT2D eigenvalue weighted by Gasteiger charge is -2.23. The topological polar surface area (TPSA) is 32.3 Å². The fourth-order valence-corrected chi connectivity index (χ4v) is 2.02. The van der Waals surface area contributed by atoms with Crippen LogP contribution in [0.4, 0.5) is 0 Å². The summed E-state index contributed by atoms with van der Waals surface area (Å²) in [5, 5.41) is 3.08. The summed E-state index contributed by atoms with van der Waals surface area (Å²) in [6, 6.07) is 0.333. The lowest BCUT2D eigenvalue weighted by Crippen LogP contribution is -2.42. The van der Waals surface area contributed by atoms with Crippen LogP contribution < -0.4 is 5.32 Å².